The number of hydrogen-bond acceptors (Lipinski definition) is 7. The third-order valence-corrected chi connectivity index (χ3v) is 7.46. The van der Waals surface area contributed by atoms with E-state index >= 15 is 0 Å². The van der Waals surface area contributed by atoms with Gasteiger partial charge in [-0.15, -0.1) is 11.8 Å². The molecule has 44 heavy (non-hydrogen) atoms. The van der Waals surface area contributed by atoms with E-state index in [1.54, 1.807) is 61.5 Å². The molecule has 1 unspecified atom stereocenters. The zero-order valence-electron chi connectivity index (χ0n) is 24.3. The van der Waals surface area contributed by atoms with Gasteiger partial charge in [0, 0.05) is 53.7 Å². The first-order valence-electron chi connectivity index (χ1n) is 13.6. The van der Waals surface area contributed by atoms with E-state index in [1.165, 1.54) is 36.0 Å². The van der Waals surface area contributed by atoms with Gasteiger partial charge in [-0.3, -0.25) is 24.5 Å². The van der Waals surface area contributed by atoms with E-state index < -0.39 is 22.0 Å². The number of carbonyl (C=O) groups is 3. The summed E-state index contributed by atoms with van der Waals surface area (Å²) in [6.07, 6.45) is 1.61. The van der Waals surface area contributed by atoms with Crippen LogP contribution < -0.4 is 20.9 Å². The largest absolute Gasteiger partial charge is 0.378 e. The third-order valence-electron chi connectivity index (χ3n) is 6.37. The number of rotatable bonds is 11. The molecular weight excluding hydrogens is 578 g/mol. The zero-order chi connectivity index (χ0) is 31.6. The molecule has 0 fully saturated rings. The molecular formula is C33H31N5O5S. The summed E-state index contributed by atoms with van der Waals surface area (Å²) in [6, 6.07) is 28.8. The number of non-ortho nitro benzene ring substituents is 1. The highest BCUT2D eigenvalue weighted by Gasteiger charge is 2.18. The Hall–Kier alpha value is -5.42. The van der Waals surface area contributed by atoms with E-state index in [0.717, 1.165) is 16.1 Å². The lowest BCUT2D eigenvalue weighted by molar-refractivity contribution is -0.384. The van der Waals surface area contributed by atoms with Crippen LogP contribution in [0.25, 0.3) is 6.08 Å². The lowest BCUT2D eigenvalue weighted by Crippen LogP contribution is -2.30. The summed E-state index contributed by atoms with van der Waals surface area (Å²) in [6.45, 7) is 1.73. The quantitative estimate of drug-likeness (QED) is 0.0799. The van der Waals surface area contributed by atoms with E-state index in [1.807, 2.05) is 49.3 Å². The average molecular weight is 610 g/mol. The molecule has 4 rings (SSSR count). The van der Waals surface area contributed by atoms with Gasteiger partial charge in [-0.25, -0.2) is 0 Å². The Kier molecular flexibility index (Phi) is 10.5. The molecule has 224 valence electrons. The topological polar surface area (TPSA) is 134 Å². The summed E-state index contributed by atoms with van der Waals surface area (Å²) < 4.78 is 0. The van der Waals surface area contributed by atoms with Crippen LogP contribution in [0.5, 0.6) is 0 Å². The molecule has 3 N–H and O–H groups in total. The molecule has 0 radical (unpaired) electrons. The summed E-state index contributed by atoms with van der Waals surface area (Å²) in [5.41, 5.74) is 3.05. The molecule has 4 aromatic rings. The predicted molar refractivity (Wildman–Crippen MR) is 175 cm³/mol. The first-order chi connectivity index (χ1) is 21.1. The molecule has 1 atom stereocenters. The Balaban J connectivity index is 1.47. The molecule has 0 aliphatic rings. The lowest BCUT2D eigenvalue weighted by atomic mass is 10.1. The van der Waals surface area contributed by atoms with Crippen molar-refractivity contribution >= 4 is 58.3 Å². The molecule has 4 aromatic carbocycles. The maximum Gasteiger partial charge on any atom is 0.272 e. The van der Waals surface area contributed by atoms with Crippen molar-refractivity contribution in [2.24, 2.45) is 0 Å². The summed E-state index contributed by atoms with van der Waals surface area (Å²) in [4.78, 5) is 52.2. The number of thioether (sulfide) groups is 1. The summed E-state index contributed by atoms with van der Waals surface area (Å²) in [7, 11) is 3.87. The predicted octanol–water partition coefficient (Wildman–Crippen LogP) is 6.19. The molecule has 0 aliphatic carbocycles. The second-order valence-corrected chi connectivity index (χ2v) is 11.3. The minimum atomic E-state index is -0.517. The number of nitro groups is 1. The van der Waals surface area contributed by atoms with Gasteiger partial charge >= 0.3 is 0 Å². The zero-order valence-corrected chi connectivity index (χ0v) is 25.1. The van der Waals surface area contributed by atoms with Crippen LogP contribution in [0.3, 0.4) is 0 Å². The van der Waals surface area contributed by atoms with Crippen molar-refractivity contribution in [2.45, 2.75) is 17.1 Å². The van der Waals surface area contributed by atoms with Crippen molar-refractivity contribution < 1.29 is 19.3 Å². The van der Waals surface area contributed by atoms with Gasteiger partial charge < -0.3 is 20.9 Å². The fourth-order valence-corrected chi connectivity index (χ4v) is 4.92. The van der Waals surface area contributed by atoms with Crippen LogP contribution in [0.2, 0.25) is 0 Å². The monoisotopic (exact) mass is 609 g/mol. The Morgan fingerprint density at radius 1 is 0.841 bits per heavy atom. The van der Waals surface area contributed by atoms with Crippen LogP contribution in [0.15, 0.2) is 114 Å². The summed E-state index contributed by atoms with van der Waals surface area (Å²) >= 11 is 1.28. The maximum absolute atomic E-state index is 13.5. The van der Waals surface area contributed by atoms with E-state index in [-0.39, 0.29) is 17.3 Å². The second-order valence-electron chi connectivity index (χ2n) is 9.90. The Bertz CT molecular complexity index is 1670. The van der Waals surface area contributed by atoms with Gasteiger partial charge in [0.2, 0.25) is 5.91 Å². The lowest BCUT2D eigenvalue weighted by Gasteiger charge is -2.14. The molecule has 11 heteroatoms. The maximum atomic E-state index is 13.5. The van der Waals surface area contributed by atoms with Crippen molar-refractivity contribution in [1.29, 1.82) is 0 Å². The molecule has 0 saturated carbocycles. The van der Waals surface area contributed by atoms with Crippen molar-refractivity contribution in [3.8, 4) is 0 Å². The first kappa shape index (κ1) is 31.5. The number of hydrogen-bond donors (Lipinski definition) is 3. The van der Waals surface area contributed by atoms with Crippen molar-refractivity contribution in [3.05, 3.63) is 130 Å². The van der Waals surface area contributed by atoms with Gasteiger partial charge in [0.15, 0.2) is 0 Å². The number of anilines is 3. The van der Waals surface area contributed by atoms with E-state index in [2.05, 4.69) is 16.0 Å². The van der Waals surface area contributed by atoms with Gasteiger partial charge in [-0.2, -0.15) is 0 Å². The number of carbonyl (C=O) groups excluding carboxylic acids is 3. The molecule has 0 aliphatic heterocycles. The second kappa shape index (κ2) is 14.7. The Morgan fingerprint density at radius 3 is 2.16 bits per heavy atom. The minimum Gasteiger partial charge on any atom is -0.378 e. The standard InChI is InChI=1S/C33H31N5O5S/c1-22(31(39)34-25-14-18-28(19-15-25)38(42)43)44-29-11-7-10-26(21-29)35-33(41)30(36-32(40)24-8-5-4-6-9-24)20-23-12-16-27(17-13-23)37(2)3/h4-22H,1-3H3,(H,34,39)(H,35,41)(H,36,40)/b30-20+. The molecule has 0 bridgehead atoms. The van der Waals surface area contributed by atoms with Gasteiger partial charge in [-0.05, 0) is 73.2 Å². The fourth-order valence-electron chi connectivity index (χ4n) is 3.99. The van der Waals surface area contributed by atoms with Crippen LogP contribution in [-0.2, 0) is 9.59 Å². The van der Waals surface area contributed by atoms with Gasteiger partial charge in [-0.1, -0.05) is 36.4 Å². The number of amides is 3. The van der Waals surface area contributed by atoms with Crippen molar-refractivity contribution in [2.75, 3.05) is 29.6 Å². The van der Waals surface area contributed by atoms with Crippen LogP contribution in [0, 0.1) is 10.1 Å². The highest BCUT2D eigenvalue weighted by Crippen LogP contribution is 2.27. The Labute approximate surface area is 259 Å². The highest BCUT2D eigenvalue weighted by molar-refractivity contribution is 8.00. The molecule has 0 heterocycles. The summed E-state index contributed by atoms with van der Waals surface area (Å²) in [5, 5.41) is 18.7. The number of nitrogens with zero attached hydrogens (tertiary/aromatic N) is 2. The molecule has 0 saturated heterocycles. The number of nitro benzene ring substituents is 1. The van der Waals surface area contributed by atoms with Crippen LogP contribution >= 0.6 is 11.8 Å². The molecule has 3 amide bonds. The SMILES string of the molecule is CC(Sc1cccc(NC(=O)/C(=C\c2ccc(N(C)C)cc2)NC(=O)c2ccccc2)c1)C(=O)Nc1ccc([N+](=O)[O-])cc1. The van der Waals surface area contributed by atoms with Crippen LogP contribution in [0.4, 0.5) is 22.7 Å². The van der Waals surface area contributed by atoms with E-state index in [9.17, 15) is 24.5 Å². The first-order valence-corrected chi connectivity index (χ1v) is 14.5. The summed E-state index contributed by atoms with van der Waals surface area (Å²) in [5.74, 6) is -1.22. The van der Waals surface area contributed by atoms with Gasteiger partial charge in [0.1, 0.15) is 5.70 Å². The fraction of sp³-hybridized carbons (Fsp3) is 0.121. The smallest absolute Gasteiger partial charge is 0.272 e. The molecule has 0 aromatic heterocycles. The average Bonchev–Trinajstić information content (AvgIpc) is 3.01. The highest BCUT2D eigenvalue weighted by atomic mass is 32.2. The van der Waals surface area contributed by atoms with Crippen LogP contribution in [-0.4, -0.2) is 42.0 Å². The van der Waals surface area contributed by atoms with Gasteiger partial charge in [0.05, 0.1) is 10.2 Å². The van der Waals surface area contributed by atoms with Crippen molar-refractivity contribution in [1.82, 2.24) is 5.32 Å². The number of benzene rings is 4. The minimum absolute atomic E-state index is 0.0605. The molecule has 0 spiro atoms. The van der Waals surface area contributed by atoms with E-state index in [0.29, 0.717) is 16.9 Å². The Morgan fingerprint density at radius 2 is 1.52 bits per heavy atom. The number of nitrogens with one attached hydrogen (secondary N) is 3. The van der Waals surface area contributed by atoms with Crippen LogP contribution in [0.1, 0.15) is 22.8 Å². The van der Waals surface area contributed by atoms with Gasteiger partial charge in [0.25, 0.3) is 17.5 Å². The molecule has 10 nitrogen and oxygen atoms in total. The van der Waals surface area contributed by atoms with E-state index in [4.69, 9.17) is 0 Å². The van der Waals surface area contributed by atoms with Crippen molar-refractivity contribution in [3.63, 3.8) is 0 Å². The third kappa shape index (κ3) is 8.79. The normalized spacial score (nSPS) is 11.7.